The minimum atomic E-state index is -0.320. The van der Waals surface area contributed by atoms with Gasteiger partial charge in [0.25, 0.3) is 0 Å². The molecule has 0 aromatic rings. The number of fused-ring (bicyclic) bond motifs is 5. The lowest BCUT2D eigenvalue weighted by Gasteiger charge is -2.32. The third kappa shape index (κ3) is 1.07. The molecule has 3 rings (SSSR count). The van der Waals surface area contributed by atoms with Crippen molar-refractivity contribution in [2.75, 3.05) is 14.2 Å². The van der Waals surface area contributed by atoms with Crippen molar-refractivity contribution >= 4 is 0 Å². The van der Waals surface area contributed by atoms with Crippen LogP contribution in [0.4, 0.5) is 0 Å². The molecule has 2 saturated carbocycles. The van der Waals surface area contributed by atoms with Crippen molar-refractivity contribution in [3.63, 3.8) is 0 Å². The first-order valence-electron chi connectivity index (χ1n) is 6.12. The maximum absolute atomic E-state index is 5.74. The van der Waals surface area contributed by atoms with Crippen molar-refractivity contribution in [1.82, 2.24) is 0 Å². The van der Waals surface area contributed by atoms with Gasteiger partial charge >= 0.3 is 0 Å². The molecule has 0 heterocycles. The molecule has 0 spiro atoms. The maximum atomic E-state index is 5.74. The van der Waals surface area contributed by atoms with E-state index in [0.29, 0.717) is 11.8 Å². The van der Waals surface area contributed by atoms with Gasteiger partial charge < -0.3 is 9.47 Å². The van der Waals surface area contributed by atoms with Gasteiger partial charge in [0.1, 0.15) is 0 Å². The van der Waals surface area contributed by atoms with Gasteiger partial charge in [-0.15, -0.1) is 0 Å². The summed E-state index contributed by atoms with van der Waals surface area (Å²) in [5, 5.41) is 0. The lowest BCUT2D eigenvalue weighted by molar-refractivity contribution is -0.234. The van der Waals surface area contributed by atoms with Crippen molar-refractivity contribution < 1.29 is 9.47 Å². The molecule has 84 valence electrons. The van der Waals surface area contributed by atoms with Crippen LogP contribution in [-0.4, -0.2) is 20.0 Å². The topological polar surface area (TPSA) is 18.5 Å². The van der Waals surface area contributed by atoms with Gasteiger partial charge in [-0.25, -0.2) is 0 Å². The van der Waals surface area contributed by atoms with Crippen molar-refractivity contribution in [2.24, 2.45) is 23.7 Å². The number of ether oxygens (including phenoxy) is 2. The van der Waals surface area contributed by atoms with Gasteiger partial charge in [-0.05, 0) is 24.7 Å². The summed E-state index contributed by atoms with van der Waals surface area (Å²) >= 11 is 0. The van der Waals surface area contributed by atoms with E-state index in [1.54, 1.807) is 14.2 Å². The fourth-order valence-corrected chi connectivity index (χ4v) is 4.32. The van der Waals surface area contributed by atoms with Gasteiger partial charge in [0.05, 0.1) is 0 Å². The first-order valence-corrected chi connectivity index (χ1v) is 6.12. The van der Waals surface area contributed by atoms with E-state index in [2.05, 4.69) is 12.2 Å². The average Bonchev–Trinajstić information content (AvgIpc) is 2.80. The molecule has 4 unspecified atom stereocenters. The van der Waals surface area contributed by atoms with Gasteiger partial charge in [-0.3, -0.25) is 0 Å². The van der Waals surface area contributed by atoms with E-state index in [-0.39, 0.29) is 5.79 Å². The molecule has 0 aliphatic heterocycles. The Bertz CT molecular complexity index is 256. The molecule has 2 nitrogen and oxygen atoms in total. The van der Waals surface area contributed by atoms with Crippen LogP contribution in [0.15, 0.2) is 12.2 Å². The molecule has 3 aliphatic rings. The zero-order valence-electron chi connectivity index (χ0n) is 9.61. The van der Waals surface area contributed by atoms with E-state index >= 15 is 0 Å². The number of hydrogen-bond donors (Lipinski definition) is 0. The minimum Gasteiger partial charge on any atom is -0.352 e. The molecule has 2 bridgehead atoms. The second-order valence-electron chi connectivity index (χ2n) is 5.18. The van der Waals surface area contributed by atoms with Crippen molar-refractivity contribution in [3.8, 4) is 0 Å². The molecule has 0 amide bonds. The van der Waals surface area contributed by atoms with Crippen LogP contribution in [-0.2, 0) is 9.47 Å². The summed E-state index contributed by atoms with van der Waals surface area (Å²) in [6, 6.07) is 0. The van der Waals surface area contributed by atoms with Crippen LogP contribution in [0.25, 0.3) is 0 Å². The zero-order valence-corrected chi connectivity index (χ0v) is 9.61. The quantitative estimate of drug-likeness (QED) is 0.513. The Labute approximate surface area is 91.6 Å². The molecule has 2 fully saturated rings. The lowest BCUT2D eigenvalue weighted by Crippen LogP contribution is -2.40. The standard InChI is InChI=1S/C13H20O2/c1-14-13(15-2)11-7-8-12(13)10-6-4-3-5-9(10)11/h7-12H,3-6H2,1-2H3. The highest BCUT2D eigenvalue weighted by atomic mass is 16.7. The zero-order chi connectivity index (χ0) is 10.5. The Balaban J connectivity index is 1.96. The highest BCUT2D eigenvalue weighted by molar-refractivity contribution is 5.23. The number of hydrogen-bond acceptors (Lipinski definition) is 2. The molecule has 4 atom stereocenters. The third-order valence-electron chi connectivity index (χ3n) is 4.89. The largest absolute Gasteiger partial charge is 0.352 e. The van der Waals surface area contributed by atoms with E-state index < -0.39 is 0 Å². The SMILES string of the molecule is COC1(OC)C2C=CC1C1CCCCC12. The lowest BCUT2D eigenvalue weighted by atomic mass is 9.73. The van der Waals surface area contributed by atoms with Gasteiger partial charge in [-0.1, -0.05) is 25.0 Å². The van der Waals surface area contributed by atoms with E-state index in [1.807, 2.05) is 0 Å². The summed E-state index contributed by atoms with van der Waals surface area (Å²) in [6.07, 6.45) is 10.2. The van der Waals surface area contributed by atoms with Crippen LogP contribution in [0.2, 0.25) is 0 Å². The molecule has 0 aromatic carbocycles. The molecular formula is C13H20O2. The van der Waals surface area contributed by atoms with Crippen LogP contribution in [0.3, 0.4) is 0 Å². The van der Waals surface area contributed by atoms with Gasteiger partial charge in [0.2, 0.25) is 0 Å². The Morgan fingerprint density at radius 3 is 1.80 bits per heavy atom. The summed E-state index contributed by atoms with van der Waals surface area (Å²) in [4.78, 5) is 0. The van der Waals surface area contributed by atoms with Crippen LogP contribution >= 0.6 is 0 Å². The average molecular weight is 208 g/mol. The normalized spacial score (nSPS) is 45.7. The molecule has 15 heavy (non-hydrogen) atoms. The van der Waals surface area contributed by atoms with Crippen molar-refractivity contribution in [3.05, 3.63) is 12.2 Å². The second kappa shape index (κ2) is 3.33. The predicted molar refractivity (Wildman–Crippen MR) is 58.3 cm³/mol. The first kappa shape index (κ1) is 9.86. The van der Waals surface area contributed by atoms with E-state index in [0.717, 1.165) is 11.8 Å². The summed E-state index contributed by atoms with van der Waals surface area (Å²) in [7, 11) is 3.60. The number of rotatable bonds is 2. The van der Waals surface area contributed by atoms with Crippen LogP contribution in [0.5, 0.6) is 0 Å². The highest BCUT2D eigenvalue weighted by Gasteiger charge is 2.62. The van der Waals surface area contributed by atoms with Gasteiger partial charge in [0, 0.05) is 26.1 Å². The second-order valence-corrected chi connectivity index (χ2v) is 5.18. The maximum Gasteiger partial charge on any atom is 0.180 e. The van der Waals surface area contributed by atoms with E-state index in [9.17, 15) is 0 Å². The molecule has 0 aromatic heterocycles. The summed E-state index contributed by atoms with van der Waals surface area (Å²) in [6.45, 7) is 0. The molecule has 2 heteroatoms. The molecule has 0 N–H and O–H groups in total. The Kier molecular flexibility index (Phi) is 2.18. The Morgan fingerprint density at radius 1 is 0.933 bits per heavy atom. The van der Waals surface area contributed by atoms with Gasteiger partial charge in [-0.2, -0.15) is 0 Å². The predicted octanol–water partition coefficient (Wildman–Crippen LogP) is 2.60. The van der Waals surface area contributed by atoms with Crippen molar-refractivity contribution in [2.45, 2.75) is 31.5 Å². The summed E-state index contributed by atoms with van der Waals surface area (Å²) in [5.74, 6) is 2.31. The summed E-state index contributed by atoms with van der Waals surface area (Å²) < 4.78 is 11.5. The fourth-order valence-electron chi connectivity index (χ4n) is 4.32. The van der Waals surface area contributed by atoms with Gasteiger partial charge in [0.15, 0.2) is 5.79 Å². The van der Waals surface area contributed by atoms with Crippen LogP contribution in [0.1, 0.15) is 25.7 Å². The Morgan fingerprint density at radius 2 is 1.40 bits per heavy atom. The van der Waals surface area contributed by atoms with Crippen LogP contribution in [0, 0.1) is 23.7 Å². The summed E-state index contributed by atoms with van der Waals surface area (Å²) in [5.41, 5.74) is 0. The highest BCUT2D eigenvalue weighted by Crippen LogP contribution is 2.60. The molecule has 3 aliphatic carbocycles. The first-order chi connectivity index (χ1) is 7.33. The molecule has 0 radical (unpaired) electrons. The van der Waals surface area contributed by atoms with Crippen LogP contribution < -0.4 is 0 Å². The van der Waals surface area contributed by atoms with E-state index in [4.69, 9.17) is 9.47 Å². The third-order valence-corrected chi connectivity index (χ3v) is 4.89. The number of methoxy groups -OCH3 is 2. The fraction of sp³-hybridized carbons (Fsp3) is 0.846. The minimum absolute atomic E-state index is 0.320. The Hall–Kier alpha value is -0.340. The molecule has 0 saturated heterocycles. The van der Waals surface area contributed by atoms with E-state index in [1.165, 1.54) is 25.7 Å². The molecular weight excluding hydrogens is 188 g/mol. The van der Waals surface area contributed by atoms with Crippen molar-refractivity contribution in [1.29, 1.82) is 0 Å². The smallest absolute Gasteiger partial charge is 0.180 e. The monoisotopic (exact) mass is 208 g/mol.